The standard InChI is InChI=1S/C21H27ClN4O4/c1-29-21-5-2-16(12-17(21)15-25-8-10-30-11-9-25)14-23-6-7-24-20-4-3-18(26(27)28)13-19(20)22/h2-5,12-13,23-24H,6-11,14-15H2,1H3. The number of nitrogens with zero attached hydrogens (tertiary/aromatic N) is 2. The zero-order valence-corrected chi connectivity index (χ0v) is 17.8. The van der Waals surface area contributed by atoms with Gasteiger partial charge in [-0.3, -0.25) is 15.0 Å². The highest BCUT2D eigenvalue weighted by molar-refractivity contribution is 6.33. The summed E-state index contributed by atoms with van der Waals surface area (Å²) >= 11 is 6.10. The number of halogens is 1. The van der Waals surface area contributed by atoms with Gasteiger partial charge in [0, 0.05) is 57.0 Å². The lowest BCUT2D eigenvalue weighted by molar-refractivity contribution is -0.384. The van der Waals surface area contributed by atoms with Crippen LogP contribution < -0.4 is 15.4 Å². The molecule has 1 aliphatic heterocycles. The molecule has 0 radical (unpaired) electrons. The van der Waals surface area contributed by atoms with Gasteiger partial charge in [-0.2, -0.15) is 0 Å². The van der Waals surface area contributed by atoms with E-state index in [1.165, 1.54) is 23.3 Å². The van der Waals surface area contributed by atoms with Crippen molar-refractivity contribution in [2.24, 2.45) is 0 Å². The summed E-state index contributed by atoms with van der Waals surface area (Å²) in [6.07, 6.45) is 0. The van der Waals surface area contributed by atoms with Crippen LogP contribution in [0, 0.1) is 10.1 Å². The number of non-ortho nitro benzene ring substituents is 1. The van der Waals surface area contributed by atoms with Crippen molar-refractivity contribution in [2.75, 3.05) is 51.8 Å². The number of anilines is 1. The Morgan fingerprint density at radius 3 is 2.70 bits per heavy atom. The molecular formula is C21H27ClN4O4. The van der Waals surface area contributed by atoms with Gasteiger partial charge in [0.2, 0.25) is 0 Å². The van der Waals surface area contributed by atoms with Crippen LogP contribution in [0.1, 0.15) is 11.1 Å². The molecule has 162 valence electrons. The van der Waals surface area contributed by atoms with Gasteiger partial charge in [0.1, 0.15) is 5.75 Å². The van der Waals surface area contributed by atoms with Crippen molar-refractivity contribution < 1.29 is 14.4 Å². The van der Waals surface area contributed by atoms with Gasteiger partial charge in [-0.25, -0.2) is 0 Å². The molecule has 3 rings (SSSR count). The van der Waals surface area contributed by atoms with Gasteiger partial charge in [0.15, 0.2) is 0 Å². The van der Waals surface area contributed by atoms with Crippen LogP contribution >= 0.6 is 11.6 Å². The molecule has 0 bridgehead atoms. The maximum absolute atomic E-state index is 10.8. The Kier molecular flexibility index (Phi) is 8.27. The number of methoxy groups -OCH3 is 1. The summed E-state index contributed by atoms with van der Waals surface area (Å²) < 4.78 is 10.9. The Morgan fingerprint density at radius 2 is 2.00 bits per heavy atom. The predicted molar refractivity (Wildman–Crippen MR) is 117 cm³/mol. The zero-order chi connectivity index (χ0) is 21.3. The molecule has 9 heteroatoms. The van der Waals surface area contributed by atoms with E-state index in [0.717, 1.165) is 51.7 Å². The lowest BCUT2D eigenvalue weighted by atomic mass is 10.1. The molecule has 0 aromatic heterocycles. The van der Waals surface area contributed by atoms with Gasteiger partial charge in [0.25, 0.3) is 5.69 Å². The van der Waals surface area contributed by atoms with Crippen LogP contribution in [-0.4, -0.2) is 56.3 Å². The minimum absolute atomic E-state index is 0.0175. The molecule has 30 heavy (non-hydrogen) atoms. The fraction of sp³-hybridized carbons (Fsp3) is 0.429. The second-order valence-corrected chi connectivity index (χ2v) is 7.47. The van der Waals surface area contributed by atoms with Crippen LogP contribution in [0.5, 0.6) is 5.75 Å². The van der Waals surface area contributed by atoms with Crippen LogP contribution in [0.15, 0.2) is 36.4 Å². The highest BCUT2D eigenvalue weighted by atomic mass is 35.5. The van der Waals surface area contributed by atoms with Crippen LogP contribution in [0.2, 0.25) is 5.02 Å². The number of hydrogen-bond acceptors (Lipinski definition) is 7. The average Bonchev–Trinajstić information content (AvgIpc) is 2.75. The van der Waals surface area contributed by atoms with E-state index >= 15 is 0 Å². The molecule has 1 heterocycles. The molecule has 1 fully saturated rings. The summed E-state index contributed by atoms with van der Waals surface area (Å²) in [7, 11) is 1.70. The highest BCUT2D eigenvalue weighted by Crippen LogP contribution is 2.26. The summed E-state index contributed by atoms with van der Waals surface area (Å²) in [6.45, 7) is 6.36. The maximum atomic E-state index is 10.8. The van der Waals surface area contributed by atoms with E-state index in [1.807, 2.05) is 6.07 Å². The molecule has 0 unspecified atom stereocenters. The van der Waals surface area contributed by atoms with Gasteiger partial charge in [-0.15, -0.1) is 0 Å². The minimum atomic E-state index is -0.459. The number of hydrogen-bond donors (Lipinski definition) is 2. The molecule has 0 saturated carbocycles. The summed E-state index contributed by atoms with van der Waals surface area (Å²) in [4.78, 5) is 12.7. The lowest BCUT2D eigenvalue weighted by Gasteiger charge is -2.27. The summed E-state index contributed by atoms with van der Waals surface area (Å²) in [6, 6.07) is 10.7. The highest BCUT2D eigenvalue weighted by Gasteiger charge is 2.14. The monoisotopic (exact) mass is 434 g/mol. The average molecular weight is 435 g/mol. The molecule has 0 spiro atoms. The third kappa shape index (κ3) is 6.30. The second kappa shape index (κ2) is 11.1. The number of benzene rings is 2. The lowest BCUT2D eigenvalue weighted by Crippen LogP contribution is -2.35. The number of nitro benzene ring substituents is 1. The Hall–Kier alpha value is -2.39. The van der Waals surface area contributed by atoms with Crippen molar-refractivity contribution in [1.82, 2.24) is 10.2 Å². The first-order valence-corrected chi connectivity index (χ1v) is 10.3. The Balaban J connectivity index is 1.47. The van der Waals surface area contributed by atoms with Crippen LogP contribution in [-0.2, 0) is 17.8 Å². The molecule has 2 aromatic carbocycles. The molecular weight excluding hydrogens is 408 g/mol. The van der Waals surface area contributed by atoms with E-state index in [9.17, 15) is 10.1 Å². The molecule has 0 amide bonds. The van der Waals surface area contributed by atoms with Gasteiger partial charge in [-0.05, 0) is 23.8 Å². The number of nitro groups is 1. The largest absolute Gasteiger partial charge is 0.496 e. The number of rotatable bonds is 10. The zero-order valence-electron chi connectivity index (χ0n) is 17.0. The van der Waals surface area contributed by atoms with Gasteiger partial charge < -0.3 is 20.1 Å². The van der Waals surface area contributed by atoms with Crippen molar-refractivity contribution in [1.29, 1.82) is 0 Å². The van der Waals surface area contributed by atoms with E-state index in [4.69, 9.17) is 21.1 Å². The van der Waals surface area contributed by atoms with Crippen molar-refractivity contribution in [2.45, 2.75) is 13.1 Å². The molecule has 0 atom stereocenters. The van der Waals surface area contributed by atoms with Crippen molar-refractivity contribution >= 4 is 23.0 Å². The Morgan fingerprint density at radius 1 is 1.20 bits per heavy atom. The quantitative estimate of drug-likeness (QED) is 0.337. The van der Waals surface area contributed by atoms with Gasteiger partial charge in [0.05, 0.1) is 36.0 Å². The van der Waals surface area contributed by atoms with E-state index in [-0.39, 0.29) is 5.69 Å². The number of morpholine rings is 1. The Labute approximate surface area is 181 Å². The van der Waals surface area contributed by atoms with Crippen molar-refractivity contribution in [3.8, 4) is 5.75 Å². The molecule has 2 aromatic rings. The first kappa shape index (κ1) is 22.3. The smallest absolute Gasteiger partial charge is 0.271 e. The van der Waals surface area contributed by atoms with Crippen LogP contribution in [0.3, 0.4) is 0 Å². The van der Waals surface area contributed by atoms with Crippen LogP contribution in [0.4, 0.5) is 11.4 Å². The Bertz CT molecular complexity index is 859. The summed E-state index contributed by atoms with van der Waals surface area (Å²) in [5, 5.41) is 17.7. The van der Waals surface area contributed by atoms with Crippen LogP contribution in [0.25, 0.3) is 0 Å². The number of nitrogens with one attached hydrogen (secondary N) is 2. The van der Waals surface area contributed by atoms with E-state index in [0.29, 0.717) is 17.3 Å². The summed E-state index contributed by atoms with van der Waals surface area (Å²) in [5.41, 5.74) is 3.03. The normalized spacial score (nSPS) is 14.5. The molecule has 0 aliphatic carbocycles. The van der Waals surface area contributed by atoms with Crippen molar-refractivity contribution in [3.05, 3.63) is 62.7 Å². The first-order chi connectivity index (χ1) is 14.6. The van der Waals surface area contributed by atoms with Crippen molar-refractivity contribution in [3.63, 3.8) is 0 Å². The van der Waals surface area contributed by atoms with Gasteiger partial charge in [-0.1, -0.05) is 17.7 Å². The first-order valence-electron chi connectivity index (χ1n) is 9.91. The third-order valence-corrected chi connectivity index (χ3v) is 5.27. The molecule has 8 nitrogen and oxygen atoms in total. The fourth-order valence-electron chi connectivity index (χ4n) is 3.34. The fourth-order valence-corrected chi connectivity index (χ4v) is 3.59. The molecule has 1 aliphatic rings. The van der Waals surface area contributed by atoms with E-state index < -0.39 is 4.92 Å². The van der Waals surface area contributed by atoms with E-state index in [1.54, 1.807) is 13.2 Å². The molecule has 2 N–H and O–H groups in total. The second-order valence-electron chi connectivity index (χ2n) is 7.06. The van der Waals surface area contributed by atoms with Gasteiger partial charge >= 0.3 is 0 Å². The topological polar surface area (TPSA) is 88.9 Å². The predicted octanol–water partition coefficient (Wildman–Crippen LogP) is 3.29. The minimum Gasteiger partial charge on any atom is -0.496 e. The summed E-state index contributed by atoms with van der Waals surface area (Å²) in [5.74, 6) is 0.903. The number of ether oxygens (including phenoxy) is 2. The molecule has 1 saturated heterocycles. The third-order valence-electron chi connectivity index (χ3n) is 4.95. The maximum Gasteiger partial charge on any atom is 0.271 e. The SMILES string of the molecule is COc1ccc(CNCCNc2ccc([N+](=O)[O-])cc2Cl)cc1CN1CCOCC1. The van der Waals surface area contributed by atoms with E-state index in [2.05, 4.69) is 27.7 Å².